The summed E-state index contributed by atoms with van der Waals surface area (Å²) in [6.45, 7) is 1.71. The maximum atomic E-state index is 8.70. The van der Waals surface area contributed by atoms with Crippen LogP contribution >= 0.6 is 0 Å². The maximum Gasteiger partial charge on any atom is 0.202 e. The van der Waals surface area contributed by atoms with Crippen LogP contribution in [0.1, 0.15) is 6.92 Å². The van der Waals surface area contributed by atoms with E-state index in [1.807, 2.05) is 0 Å². The Balaban J connectivity index is 4.02. The van der Waals surface area contributed by atoms with Crippen molar-refractivity contribution in [2.45, 2.75) is 6.92 Å². The van der Waals surface area contributed by atoms with E-state index in [0.29, 0.717) is 5.70 Å². The molecule has 4 N–H and O–H groups in total. The van der Waals surface area contributed by atoms with Crippen molar-refractivity contribution in [3.8, 4) is 0 Å². The minimum atomic E-state index is -0.160. The van der Waals surface area contributed by atoms with Crippen molar-refractivity contribution in [1.29, 1.82) is 0 Å². The summed E-state index contributed by atoms with van der Waals surface area (Å²) in [5.41, 5.74) is 8.46. The third-order valence-electron chi connectivity index (χ3n) is 1.21. The molecule has 4 heteroatoms. The average Bonchev–Trinajstić information content (AvgIpc) is 1.84. The number of nitrogens with one attached hydrogen (secondary N) is 1. The normalized spacial score (nSPS) is 12.8. The molecule has 0 aromatic carbocycles. The van der Waals surface area contributed by atoms with Crippen molar-refractivity contribution in [2.24, 2.45) is 5.73 Å². The molecule has 0 aromatic heterocycles. The molecule has 0 aliphatic carbocycles. The van der Waals surface area contributed by atoms with Gasteiger partial charge in [0.05, 0.1) is 5.70 Å². The highest BCUT2D eigenvalue weighted by atomic mass is 16.3. The number of aliphatic hydroxyl groups excluding tert-OH is 1. The summed E-state index contributed by atoms with van der Waals surface area (Å²) in [5.74, 6) is -0.160. The Bertz CT molecular complexity index is 117. The van der Waals surface area contributed by atoms with Crippen molar-refractivity contribution < 1.29 is 5.11 Å². The molecule has 9 heavy (non-hydrogen) atoms. The largest absolute Gasteiger partial charge is 0.494 e. The zero-order chi connectivity index (χ0) is 7.44. The molecule has 54 valence electrons. The van der Waals surface area contributed by atoms with Gasteiger partial charge in [-0.2, -0.15) is 0 Å². The standard InChI is InChI=1S/C5H13N3O/c1-4(5(6)9)8(3)7-2/h7,9H,6H2,1-3H3/b5-4+. The van der Waals surface area contributed by atoms with E-state index in [1.54, 1.807) is 26.0 Å². The van der Waals surface area contributed by atoms with Gasteiger partial charge in [-0.15, -0.1) is 0 Å². The van der Waals surface area contributed by atoms with Crippen LogP contribution in [0.25, 0.3) is 0 Å². The molecule has 0 aromatic rings. The molecule has 0 aliphatic heterocycles. The summed E-state index contributed by atoms with van der Waals surface area (Å²) in [6, 6.07) is 0. The second kappa shape index (κ2) is 3.19. The van der Waals surface area contributed by atoms with Crippen molar-refractivity contribution in [2.75, 3.05) is 14.1 Å². The van der Waals surface area contributed by atoms with Crippen LogP contribution in [-0.4, -0.2) is 24.2 Å². The van der Waals surface area contributed by atoms with Gasteiger partial charge in [0.2, 0.25) is 5.88 Å². The lowest BCUT2D eigenvalue weighted by Gasteiger charge is -2.17. The predicted molar refractivity (Wildman–Crippen MR) is 36.3 cm³/mol. The fourth-order valence-electron chi connectivity index (χ4n) is 0.340. The zero-order valence-corrected chi connectivity index (χ0v) is 5.97. The van der Waals surface area contributed by atoms with Gasteiger partial charge in [0.1, 0.15) is 0 Å². The van der Waals surface area contributed by atoms with Crippen LogP contribution in [0.4, 0.5) is 0 Å². The Morgan fingerprint density at radius 2 is 2.11 bits per heavy atom. The number of nitrogens with zero attached hydrogens (tertiary/aromatic N) is 1. The first-order valence-electron chi connectivity index (χ1n) is 2.66. The number of hydrogen-bond donors (Lipinski definition) is 3. The molecule has 0 bridgehead atoms. The molecule has 0 atom stereocenters. The molecule has 0 unspecified atom stereocenters. The van der Waals surface area contributed by atoms with E-state index in [1.165, 1.54) is 0 Å². The molecule has 0 radical (unpaired) electrons. The van der Waals surface area contributed by atoms with Crippen LogP contribution in [0.15, 0.2) is 11.6 Å². The average molecular weight is 131 g/mol. The van der Waals surface area contributed by atoms with Crippen LogP contribution in [-0.2, 0) is 0 Å². The molecular formula is C5H13N3O. The molecule has 0 saturated carbocycles. The minimum absolute atomic E-state index is 0.160. The lowest BCUT2D eigenvalue weighted by molar-refractivity contribution is 0.293. The molecule has 0 fully saturated rings. The van der Waals surface area contributed by atoms with E-state index >= 15 is 0 Å². The first kappa shape index (κ1) is 8.10. The van der Waals surface area contributed by atoms with Gasteiger partial charge in [-0.3, -0.25) is 0 Å². The predicted octanol–water partition coefficient (Wildman–Crippen LogP) is -0.242. The molecule has 0 saturated heterocycles. The Kier molecular flexibility index (Phi) is 2.87. The van der Waals surface area contributed by atoms with Gasteiger partial charge >= 0.3 is 0 Å². The summed E-state index contributed by atoms with van der Waals surface area (Å²) in [7, 11) is 3.50. The SMILES string of the molecule is CNN(C)/C(C)=C(\N)O. The van der Waals surface area contributed by atoms with Crippen molar-refractivity contribution in [1.82, 2.24) is 10.4 Å². The quantitative estimate of drug-likeness (QED) is 0.357. The second-order valence-corrected chi connectivity index (χ2v) is 1.75. The highest BCUT2D eigenvalue weighted by Crippen LogP contribution is 1.95. The third-order valence-corrected chi connectivity index (χ3v) is 1.21. The summed E-state index contributed by atoms with van der Waals surface area (Å²) in [6.07, 6.45) is 0. The van der Waals surface area contributed by atoms with Crippen LogP contribution in [0, 0.1) is 0 Å². The van der Waals surface area contributed by atoms with Crippen molar-refractivity contribution >= 4 is 0 Å². The van der Waals surface area contributed by atoms with Crippen LogP contribution < -0.4 is 11.2 Å². The van der Waals surface area contributed by atoms with Gasteiger partial charge in [-0.1, -0.05) is 0 Å². The van der Waals surface area contributed by atoms with Gasteiger partial charge in [0.25, 0.3) is 0 Å². The fourth-order valence-corrected chi connectivity index (χ4v) is 0.340. The summed E-state index contributed by atoms with van der Waals surface area (Å²) in [4.78, 5) is 0. The molecule has 0 amide bonds. The summed E-state index contributed by atoms with van der Waals surface area (Å²) < 4.78 is 0. The van der Waals surface area contributed by atoms with E-state index in [-0.39, 0.29) is 5.88 Å². The van der Waals surface area contributed by atoms with Crippen molar-refractivity contribution in [3.63, 3.8) is 0 Å². The zero-order valence-electron chi connectivity index (χ0n) is 5.97. The monoisotopic (exact) mass is 131 g/mol. The number of aliphatic hydroxyl groups is 1. The first-order valence-corrected chi connectivity index (χ1v) is 2.66. The Hall–Kier alpha value is -0.900. The highest BCUT2D eigenvalue weighted by molar-refractivity contribution is 4.97. The highest BCUT2D eigenvalue weighted by Gasteiger charge is 1.97. The lowest BCUT2D eigenvalue weighted by Crippen LogP contribution is -2.30. The number of hydrogen-bond acceptors (Lipinski definition) is 4. The molecule has 0 heterocycles. The third kappa shape index (κ3) is 2.23. The molecule has 0 rings (SSSR count). The van der Waals surface area contributed by atoms with Crippen molar-refractivity contribution in [3.05, 3.63) is 11.6 Å². The van der Waals surface area contributed by atoms with E-state index < -0.39 is 0 Å². The second-order valence-electron chi connectivity index (χ2n) is 1.75. The first-order chi connectivity index (χ1) is 4.09. The van der Waals surface area contributed by atoms with Gasteiger partial charge in [0, 0.05) is 14.1 Å². The minimum Gasteiger partial charge on any atom is -0.494 e. The Morgan fingerprint density at radius 3 is 2.22 bits per heavy atom. The number of rotatable bonds is 2. The molecule has 0 spiro atoms. The van der Waals surface area contributed by atoms with Crippen LogP contribution in [0.3, 0.4) is 0 Å². The van der Waals surface area contributed by atoms with Gasteiger partial charge in [0.15, 0.2) is 0 Å². The Labute approximate surface area is 54.9 Å². The van der Waals surface area contributed by atoms with E-state index in [9.17, 15) is 0 Å². The summed E-state index contributed by atoms with van der Waals surface area (Å²) >= 11 is 0. The Morgan fingerprint density at radius 1 is 1.67 bits per heavy atom. The topological polar surface area (TPSA) is 61.5 Å². The number of allylic oxidation sites excluding steroid dienone is 1. The number of hydrazine groups is 1. The fraction of sp³-hybridized carbons (Fsp3) is 0.600. The van der Waals surface area contributed by atoms with Crippen LogP contribution in [0.5, 0.6) is 0 Å². The summed E-state index contributed by atoms with van der Waals surface area (Å²) in [5, 5.41) is 10.3. The smallest absolute Gasteiger partial charge is 0.202 e. The maximum absolute atomic E-state index is 8.70. The molecule has 4 nitrogen and oxygen atoms in total. The van der Waals surface area contributed by atoms with Gasteiger partial charge in [-0.05, 0) is 6.92 Å². The van der Waals surface area contributed by atoms with E-state index in [2.05, 4.69) is 5.43 Å². The molecule has 0 aliphatic rings. The van der Waals surface area contributed by atoms with E-state index in [0.717, 1.165) is 0 Å². The van der Waals surface area contributed by atoms with E-state index in [4.69, 9.17) is 10.8 Å². The molecular weight excluding hydrogens is 118 g/mol. The van der Waals surface area contributed by atoms with Crippen LogP contribution in [0.2, 0.25) is 0 Å². The van der Waals surface area contributed by atoms with Gasteiger partial charge < -0.3 is 15.8 Å². The van der Waals surface area contributed by atoms with Gasteiger partial charge in [-0.25, -0.2) is 5.43 Å². The number of nitrogens with two attached hydrogens (primary N) is 1. The lowest BCUT2D eigenvalue weighted by atomic mass is 10.5.